The van der Waals surface area contributed by atoms with Crippen molar-refractivity contribution in [2.45, 2.75) is 20.0 Å². The molecule has 7 nitrogen and oxygen atoms in total. The van der Waals surface area contributed by atoms with Crippen molar-refractivity contribution < 1.29 is 14.3 Å². The highest BCUT2D eigenvalue weighted by molar-refractivity contribution is 7.22. The molecule has 0 aliphatic carbocycles. The van der Waals surface area contributed by atoms with Crippen LogP contribution in [0.15, 0.2) is 36.4 Å². The van der Waals surface area contributed by atoms with Crippen molar-refractivity contribution in [3.05, 3.63) is 47.5 Å². The van der Waals surface area contributed by atoms with Crippen LogP contribution in [0.5, 0.6) is 11.5 Å². The molecule has 0 radical (unpaired) electrons. The van der Waals surface area contributed by atoms with Gasteiger partial charge >= 0.3 is 0 Å². The van der Waals surface area contributed by atoms with Gasteiger partial charge < -0.3 is 19.7 Å². The fourth-order valence-corrected chi connectivity index (χ4v) is 5.19. The van der Waals surface area contributed by atoms with Gasteiger partial charge in [-0.3, -0.25) is 9.69 Å². The third-order valence-corrected chi connectivity index (χ3v) is 7.33. The molecule has 1 atom stereocenters. The molecular formula is C24H28N4O3S. The van der Waals surface area contributed by atoms with E-state index in [9.17, 15) is 4.79 Å². The number of amides is 1. The van der Waals surface area contributed by atoms with Crippen LogP contribution in [0.2, 0.25) is 0 Å². The van der Waals surface area contributed by atoms with Gasteiger partial charge in [0.1, 0.15) is 6.61 Å². The quantitative estimate of drug-likeness (QED) is 0.642. The van der Waals surface area contributed by atoms with E-state index in [0.29, 0.717) is 18.0 Å². The Balaban J connectivity index is 1.08. The van der Waals surface area contributed by atoms with Crippen molar-refractivity contribution in [3.8, 4) is 11.5 Å². The molecule has 0 bridgehead atoms. The summed E-state index contributed by atoms with van der Waals surface area (Å²) in [7, 11) is 0. The summed E-state index contributed by atoms with van der Waals surface area (Å²) in [5.41, 5.74) is 3.69. The molecule has 0 spiro atoms. The number of aryl methyl sites for hydroxylation is 2. The van der Waals surface area contributed by atoms with Gasteiger partial charge in [0.15, 0.2) is 16.6 Å². The fourth-order valence-electron chi connectivity index (χ4n) is 4.11. The SMILES string of the molecule is Cc1ccc2sc(N3CCN(CCNC(=O)[C@@H]4COc5ccccc5O4)CC3)nc2c1C. The Labute approximate surface area is 191 Å². The maximum Gasteiger partial charge on any atom is 0.264 e. The molecule has 1 saturated heterocycles. The number of hydrogen-bond acceptors (Lipinski definition) is 7. The largest absolute Gasteiger partial charge is 0.485 e. The van der Waals surface area contributed by atoms with E-state index in [2.05, 4.69) is 41.1 Å². The maximum atomic E-state index is 12.5. The molecule has 3 heterocycles. The number of nitrogens with zero attached hydrogens (tertiary/aromatic N) is 3. The number of nitrogens with one attached hydrogen (secondary N) is 1. The fraction of sp³-hybridized carbons (Fsp3) is 0.417. The Morgan fingerprint density at radius 1 is 1.12 bits per heavy atom. The Morgan fingerprint density at radius 2 is 1.91 bits per heavy atom. The Kier molecular flexibility index (Phi) is 5.89. The van der Waals surface area contributed by atoms with Crippen LogP contribution in [-0.4, -0.2) is 67.8 Å². The number of thiazole rings is 1. The van der Waals surface area contributed by atoms with E-state index >= 15 is 0 Å². The monoisotopic (exact) mass is 452 g/mol. The van der Waals surface area contributed by atoms with Crippen LogP contribution < -0.4 is 19.7 Å². The van der Waals surface area contributed by atoms with E-state index in [1.165, 1.54) is 15.8 Å². The van der Waals surface area contributed by atoms with Gasteiger partial charge in [-0.15, -0.1) is 0 Å². The van der Waals surface area contributed by atoms with Crippen molar-refractivity contribution >= 4 is 32.6 Å². The first-order valence-electron chi connectivity index (χ1n) is 11.1. The molecule has 2 aliphatic heterocycles. The minimum Gasteiger partial charge on any atom is -0.485 e. The van der Waals surface area contributed by atoms with Crippen molar-refractivity contribution in [2.24, 2.45) is 0 Å². The number of benzene rings is 2. The number of rotatable bonds is 5. The molecule has 0 saturated carbocycles. The first-order chi connectivity index (χ1) is 15.6. The van der Waals surface area contributed by atoms with Crippen LogP contribution in [-0.2, 0) is 4.79 Å². The molecule has 1 amide bonds. The van der Waals surface area contributed by atoms with Crippen LogP contribution >= 0.6 is 11.3 Å². The number of para-hydroxylation sites is 2. The average Bonchev–Trinajstić information content (AvgIpc) is 3.27. The van der Waals surface area contributed by atoms with E-state index < -0.39 is 6.10 Å². The number of anilines is 1. The van der Waals surface area contributed by atoms with E-state index in [-0.39, 0.29) is 12.5 Å². The lowest BCUT2D eigenvalue weighted by molar-refractivity contribution is -0.130. The molecule has 1 N–H and O–H groups in total. The molecule has 0 unspecified atom stereocenters. The molecule has 1 fully saturated rings. The molecule has 8 heteroatoms. The number of carbonyl (C=O) groups is 1. The minimum absolute atomic E-state index is 0.127. The van der Waals surface area contributed by atoms with Gasteiger partial charge in [-0.05, 0) is 43.2 Å². The van der Waals surface area contributed by atoms with Crippen molar-refractivity contribution in [3.63, 3.8) is 0 Å². The molecular weight excluding hydrogens is 424 g/mol. The van der Waals surface area contributed by atoms with Crippen LogP contribution in [0.4, 0.5) is 5.13 Å². The normalized spacial score (nSPS) is 18.7. The predicted octanol–water partition coefficient (Wildman–Crippen LogP) is 2.99. The summed E-state index contributed by atoms with van der Waals surface area (Å²) in [6.07, 6.45) is -0.604. The first-order valence-corrected chi connectivity index (χ1v) is 11.9. The third kappa shape index (κ3) is 4.25. The highest BCUT2D eigenvalue weighted by Crippen LogP contribution is 2.32. The predicted molar refractivity (Wildman–Crippen MR) is 127 cm³/mol. The zero-order valence-electron chi connectivity index (χ0n) is 18.5. The topological polar surface area (TPSA) is 66.9 Å². The summed E-state index contributed by atoms with van der Waals surface area (Å²) < 4.78 is 12.7. The zero-order valence-corrected chi connectivity index (χ0v) is 19.3. The summed E-state index contributed by atoms with van der Waals surface area (Å²) in [6.45, 7) is 9.75. The van der Waals surface area contributed by atoms with E-state index in [1.54, 1.807) is 11.3 Å². The number of fused-ring (bicyclic) bond motifs is 2. The van der Waals surface area contributed by atoms with Crippen LogP contribution in [0.25, 0.3) is 10.2 Å². The van der Waals surface area contributed by atoms with Gasteiger partial charge in [-0.1, -0.05) is 29.5 Å². The number of ether oxygens (including phenoxy) is 2. The van der Waals surface area contributed by atoms with Crippen LogP contribution in [0, 0.1) is 13.8 Å². The Morgan fingerprint density at radius 3 is 2.72 bits per heavy atom. The van der Waals surface area contributed by atoms with Crippen molar-refractivity contribution in [2.75, 3.05) is 50.8 Å². The van der Waals surface area contributed by atoms with Crippen LogP contribution in [0.1, 0.15) is 11.1 Å². The van der Waals surface area contributed by atoms with Gasteiger partial charge in [0, 0.05) is 39.3 Å². The molecule has 168 valence electrons. The number of aromatic nitrogens is 1. The summed E-state index contributed by atoms with van der Waals surface area (Å²) in [4.78, 5) is 22.1. The van der Waals surface area contributed by atoms with Crippen molar-refractivity contribution in [1.82, 2.24) is 15.2 Å². The van der Waals surface area contributed by atoms with Gasteiger partial charge in [-0.25, -0.2) is 4.98 Å². The molecule has 32 heavy (non-hydrogen) atoms. The number of hydrogen-bond donors (Lipinski definition) is 1. The summed E-state index contributed by atoms with van der Waals surface area (Å²) in [5, 5.41) is 4.10. The molecule has 5 rings (SSSR count). The second kappa shape index (κ2) is 8.96. The lowest BCUT2D eigenvalue weighted by Gasteiger charge is -2.34. The van der Waals surface area contributed by atoms with Crippen molar-refractivity contribution in [1.29, 1.82) is 0 Å². The summed E-state index contributed by atoms with van der Waals surface area (Å²) in [5.74, 6) is 1.18. The highest BCUT2D eigenvalue weighted by atomic mass is 32.1. The van der Waals surface area contributed by atoms with Gasteiger partial charge in [0.25, 0.3) is 5.91 Å². The van der Waals surface area contributed by atoms with E-state index in [0.717, 1.165) is 43.4 Å². The average molecular weight is 453 g/mol. The number of carbonyl (C=O) groups excluding carboxylic acids is 1. The molecule has 2 aliphatic rings. The van der Waals surface area contributed by atoms with Gasteiger partial charge in [-0.2, -0.15) is 0 Å². The van der Waals surface area contributed by atoms with Crippen LogP contribution in [0.3, 0.4) is 0 Å². The lowest BCUT2D eigenvalue weighted by Crippen LogP contribution is -2.50. The minimum atomic E-state index is -0.604. The highest BCUT2D eigenvalue weighted by Gasteiger charge is 2.27. The summed E-state index contributed by atoms with van der Waals surface area (Å²) >= 11 is 1.77. The maximum absolute atomic E-state index is 12.5. The zero-order chi connectivity index (χ0) is 22.1. The van der Waals surface area contributed by atoms with Gasteiger partial charge in [0.2, 0.25) is 6.10 Å². The van der Waals surface area contributed by atoms with E-state index in [1.807, 2.05) is 24.3 Å². The smallest absolute Gasteiger partial charge is 0.264 e. The first kappa shape index (κ1) is 21.0. The standard InChI is InChI=1S/C24H28N4O3S/c1-16-7-8-21-22(17(16)2)26-24(32-21)28-13-11-27(12-14-28)10-9-25-23(29)20-15-30-18-5-3-4-6-19(18)31-20/h3-8,20H,9-15H2,1-2H3,(H,25,29)/t20-/m0/s1. The third-order valence-electron chi connectivity index (χ3n) is 6.24. The number of piperazine rings is 1. The Bertz CT molecular complexity index is 1120. The lowest BCUT2D eigenvalue weighted by atomic mass is 10.1. The second-order valence-corrected chi connectivity index (χ2v) is 9.34. The summed E-state index contributed by atoms with van der Waals surface area (Å²) in [6, 6.07) is 11.8. The molecule has 2 aromatic carbocycles. The molecule has 3 aromatic rings. The van der Waals surface area contributed by atoms with Gasteiger partial charge in [0.05, 0.1) is 10.2 Å². The second-order valence-electron chi connectivity index (χ2n) is 8.33. The molecule has 1 aromatic heterocycles. The Hall–Kier alpha value is -2.84. The van der Waals surface area contributed by atoms with E-state index in [4.69, 9.17) is 14.5 Å².